The van der Waals surface area contributed by atoms with Crippen LogP contribution < -0.4 is 4.74 Å². The lowest BCUT2D eigenvalue weighted by atomic mass is 10.1. The predicted octanol–water partition coefficient (Wildman–Crippen LogP) is 3.16. The predicted molar refractivity (Wildman–Crippen MR) is 78.3 cm³/mol. The Kier molecular flexibility index (Phi) is 5.01. The van der Waals surface area contributed by atoms with Crippen molar-refractivity contribution >= 4 is 5.97 Å². The molecular weight excluding hydrogens is 254 g/mol. The van der Waals surface area contributed by atoms with Crippen LogP contribution in [0.4, 0.5) is 0 Å². The molecule has 1 N–H and O–H groups in total. The van der Waals surface area contributed by atoms with Gasteiger partial charge in [0.1, 0.15) is 11.3 Å². The van der Waals surface area contributed by atoms with Gasteiger partial charge in [-0.2, -0.15) is 0 Å². The highest BCUT2D eigenvalue weighted by Crippen LogP contribution is 2.23. The maximum Gasteiger partial charge on any atom is 0.339 e. The monoisotopic (exact) mass is 277 g/mol. The van der Waals surface area contributed by atoms with Crippen molar-refractivity contribution in [3.63, 3.8) is 0 Å². The number of benzene rings is 1. The molecule has 0 saturated carbocycles. The zero-order valence-electron chi connectivity index (χ0n) is 12.3. The minimum Gasteiger partial charge on any atom is -0.496 e. The minimum absolute atomic E-state index is 0.222. The first-order chi connectivity index (χ1) is 9.61. The maximum atomic E-state index is 11.1. The zero-order chi connectivity index (χ0) is 14.5. The van der Waals surface area contributed by atoms with E-state index in [0.717, 1.165) is 18.7 Å². The van der Waals surface area contributed by atoms with Crippen molar-refractivity contribution in [3.8, 4) is 5.75 Å². The molecule has 1 atom stereocenters. The van der Waals surface area contributed by atoms with Gasteiger partial charge in [-0.1, -0.05) is 18.9 Å². The van der Waals surface area contributed by atoms with Crippen LogP contribution in [0.1, 0.15) is 48.5 Å². The molecule has 0 amide bonds. The second-order valence-corrected chi connectivity index (χ2v) is 5.51. The molecular formula is C16H23NO3. The first-order valence-corrected chi connectivity index (χ1v) is 7.26. The largest absolute Gasteiger partial charge is 0.496 e. The third-order valence-electron chi connectivity index (χ3n) is 4.07. The molecule has 0 radical (unpaired) electrons. The smallest absolute Gasteiger partial charge is 0.339 e. The van der Waals surface area contributed by atoms with Gasteiger partial charge in [-0.05, 0) is 44.0 Å². The van der Waals surface area contributed by atoms with Crippen LogP contribution in [0.3, 0.4) is 0 Å². The number of hydrogen-bond acceptors (Lipinski definition) is 3. The first-order valence-electron chi connectivity index (χ1n) is 7.26. The molecule has 4 heteroatoms. The van der Waals surface area contributed by atoms with E-state index in [4.69, 9.17) is 9.84 Å². The quantitative estimate of drug-likeness (QED) is 0.918. The van der Waals surface area contributed by atoms with Crippen LogP contribution in [0.15, 0.2) is 18.2 Å². The fourth-order valence-electron chi connectivity index (χ4n) is 2.81. The van der Waals surface area contributed by atoms with E-state index in [2.05, 4.69) is 11.8 Å². The summed E-state index contributed by atoms with van der Waals surface area (Å²) in [6, 6.07) is 5.96. The van der Waals surface area contributed by atoms with Crippen LogP contribution in [0.25, 0.3) is 0 Å². The van der Waals surface area contributed by atoms with Gasteiger partial charge in [0.15, 0.2) is 0 Å². The Balaban J connectivity index is 2.14. The fraction of sp³-hybridized carbons (Fsp3) is 0.562. The summed E-state index contributed by atoms with van der Waals surface area (Å²) >= 11 is 0. The number of methoxy groups -OCH3 is 1. The van der Waals surface area contributed by atoms with Gasteiger partial charge in [-0.25, -0.2) is 4.79 Å². The van der Waals surface area contributed by atoms with Gasteiger partial charge in [0.25, 0.3) is 0 Å². The number of hydrogen-bond donors (Lipinski definition) is 1. The molecule has 4 nitrogen and oxygen atoms in total. The van der Waals surface area contributed by atoms with Crippen LogP contribution in [0.5, 0.6) is 5.75 Å². The Labute approximate surface area is 120 Å². The molecule has 1 aliphatic rings. The number of likely N-dealkylation sites (tertiary alicyclic amines) is 1. The zero-order valence-corrected chi connectivity index (χ0v) is 12.3. The van der Waals surface area contributed by atoms with E-state index in [1.807, 2.05) is 12.1 Å². The van der Waals surface area contributed by atoms with Crippen LogP contribution in [-0.2, 0) is 6.54 Å². The molecule has 0 bridgehead atoms. The van der Waals surface area contributed by atoms with Gasteiger partial charge < -0.3 is 9.84 Å². The molecule has 0 aromatic heterocycles. The van der Waals surface area contributed by atoms with Crippen LogP contribution in [-0.4, -0.2) is 35.7 Å². The summed E-state index contributed by atoms with van der Waals surface area (Å²) in [4.78, 5) is 13.6. The second kappa shape index (κ2) is 6.75. The molecule has 20 heavy (non-hydrogen) atoms. The molecule has 110 valence electrons. The number of carbonyl (C=O) groups is 1. The molecule has 1 aromatic carbocycles. The summed E-state index contributed by atoms with van der Waals surface area (Å²) in [5.74, 6) is -0.506. The Hall–Kier alpha value is -1.55. The second-order valence-electron chi connectivity index (χ2n) is 5.51. The molecule has 0 spiro atoms. The molecule has 1 unspecified atom stereocenters. The number of carboxylic acid groups (broad SMARTS) is 1. The van der Waals surface area contributed by atoms with Crippen LogP contribution in [0, 0.1) is 0 Å². The normalized spacial score (nSPS) is 20.4. The van der Waals surface area contributed by atoms with Crippen molar-refractivity contribution in [2.24, 2.45) is 0 Å². The molecule has 0 aliphatic carbocycles. The molecule has 1 fully saturated rings. The number of rotatable bonds is 4. The highest BCUT2D eigenvalue weighted by Gasteiger charge is 2.18. The van der Waals surface area contributed by atoms with Gasteiger partial charge in [0, 0.05) is 12.6 Å². The van der Waals surface area contributed by atoms with E-state index in [9.17, 15) is 4.79 Å². The van der Waals surface area contributed by atoms with Crippen molar-refractivity contribution in [1.29, 1.82) is 0 Å². The van der Waals surface area contributed by atoms with Crippen LogP contribution in [0.2, 0.25) is 0 Å². The Morgan fingerprint density at radius 3 is 2.90 bits per heavy atom. The van der Waals surface area contributed by atoms with Gasteiger partial charge in [-0.15, -0.1) is 0 Å². The highest BCUT2D eigenvalue weighted by atomic mass is 16.5. The lowest BCUT2D eigenvalue weighted by Crippen LogP contribution is -2.31. The van der Waals surface area contributed by atoms with E-state index >= 15 is 0 Å². The molecule has 1 aliphatic heterocycles. The van der Waals surface area contributed by atoms with Crippen molar-refractivity contribution in [1.82, 2.24) is 4.90 Å². The third-order valence-corrected chi connectivity index (χ3v) is 4.07. The fourth-order valence-corrected chi connectivity index (χ4v) is 2.81. The Bertz CT molecular complexity index is 473. The SMILES string of the molecule is COc1cc(CN2CCCCCC2C)ccc1C(=O)O. The van der Waals surface area contributed by atoms with Crippen molar-refractivity contribution in [3.05, 3.63) is 29.3 Å². The van der Waals surface area contributed by atoms with E-state index in [1.165, 1.54) is 32.8 Å². The Morgan fingerprint density at radius 2 is 2.20 bits per heavy atom. The van der Waals surface area contributed by atoms with E-state index in [0.29, 0.717) is 11.8 Å². The van der Waals surface area contributed by atoms with Crippen molar-refractivity contribution in [2.45, 2.75) is 45.2 Å². The van der Waals surface area contributed by atoms with Crippen LogP contribution >= 0.6 is 0 Å². The number of aromatic carboxylic acids is 1. The van der Waals surface area contributed by atoms with Gasteiger partial charge in [0.05, 0.1) is 7.11 Å². The molecule has 1 saturated heterocycles. The number of ether oxygens (including phenoxy) is 1. The maximum absolute atomic E-state index is 11.1. The summed E-state index contributed by atoms with van der Waals surface area (Å²) < 4.78 is 5.19. The standard InChI is InChI=1S/C16H23NO3/c1-12-6-4-3-5-9-17(12)11-13-7-8-14(16(18)19)15(10-13)20-2/h7-8,10,12H,3-6,9,11H2,1-2H3,(H,18,19). The van der Waals surface area contributed by atoms with E-state index < -0.39 is 5.97 Å². The van der Waals surface area contributed by atoms with E-state index in [-0.39, 0.29) is 5.56 Å². The van der Waals surface area contributed by atoms with Crippen molar-refractivity contribution in [2.75, 3.05) is 13.7 Å². The average Bonchev–Trinajstić information content (AvgIpc) is 2.64. The summed E-state index contributed by atoms with van der Waals surface area (Å²) in [7, 11) is 1.51. The number of nitrogens with zero attached hydrogens (tertiary/aromatic N) is 1. The molecule has 1 aromatic rings. The van der Waals surface area contributed by atoms with Gasteiger partial charge >= 0.3 is 5.97 Å². The lowest BCUT2D eigenvalue weighted by molar-refractivity contribution is 0.0693. The highest BCUT2D eigenvalue weighted by molar-refractivity contribution is 5.90. The first kappa shape index (κ1) is 14.9. The average molecular weight is 277 g/mol. The summed E-state index contributed by atoms with van der Waals surface area (Å²) in [6.07, 6.45) is 5.10. The molecule has 2 rings (SSSR count). The third kappa shape index (κ3) is 3.51. The topological polar surface area (TPSA) is 49.8 Å². The van der Waals surface area contributed by atoms with Crippen molar-refractivity contribution < 1.29 is 14.6 Å². The van der Waals surface area contributed by atoms with Gasteiger partial charge in [-0.3, -0.25) is 4.90 Å². The summed E-state index contributed by atoms with van der Waals surface area (Å²) in [6.45, 7) is 4.25. The lowest BCUT2D eigenvalue weighted by Gasteiger charge is -2.27. The summed E-state index contributed by atoms with van der Waals surface area (Å²) in [5.41, 5.74) is 1.33. The number of carboxylic acids is 1. The van der Waals surface area contributed by atoms with E-state index in [1.54, 1.807) is 6.07 Å². The summed E-state index contributed by atoms with van der Waals surface area (Å²) in [5, 5.41) is 9.10. The Morgan fingerprint density at radius 1 is 1.40 bits per heavy atom. The molecule has 1 heterocycles. The minimum atomic E-state index is -0.948. The van der Waals surface area contributed by atoms with Gasteiger partial charge in [0.2, 0.25) is 0 Å².